The summed E-state index contributed by atoms with van der Waals surface area (Å²) < 4.78 is 17.0. The number of hydrogen-bond acceptors (Lipinski definition) is 6. The highest BCUT2D eigenvalue weighted by molar-refractivity contribution is 7.39. The van der Waals surface area contributed by atoms with Crippen LogP contribution in [0.5, 0.6) is 11.5 Å². The van der Waals surface area contributed by atoms with Crippen LogP contribution in [0.15, 0.2) is 22.9 Å². The third kappa shape index (κ3) is 2.17. The van der Waals surface area contributed by atoms with E-state index in [1.165, 1.54) is 28.6 Å². The zero-order chi connectivity index (χ0) is 15.1. The first-order valence-corrected chi connectivity index (χ1v) is 10.6. The molecular weight excluding hydrogens is 352 g/mol. The first-order valence-electron chi connectivity index (χ1n) is 7.17. The molecule has 1 aliphatic heterocycles. The summed E-state index contributed by atoms with van der Waals surface area (Å²) in [6, 6.07) is 4.50. The summed E-state index contributed by atoms with van der Waals surface area (Å²) >= 11 is 7.29. The number of ether oxygens (including phenoxy) is 2. The van der Waals surface area contributed by atoms with E-state index in [2.05, 4.69) is 22.9 Å². The Morgan fingerprint density at radius 1 is 0.955 bits per heavy atom. The van der Waals surface area contributed by atoms with E-state index in [1.54, 1.807) is 11.3 Å². The highest BCUT2D eigenvalue weighted by Gasteiger charge is 2.22. The fraction of sp³-hybridized carbons (Fsp3) is 0.250. The predicted molar refractivity (Wildman–Crippen MR) is 101 cm³/mol. The predicted octanol–water partition coefficient (Wildman–Crippen LogP) is 6.70. The average molecular weight is 367 g/mol. The van der Waals surface area contributed by atoms with Crippen molar-refractivity contribution in [2.45, 2.75) is 13.8 Å². The summed E-state index contributed by atoms with van der Waals surface area (Å²) in [5.41, 5.74) is 0. The molecule has 22 heavy (non-hydrogen) atoms. The van der Waals surface area contributed by atoms with E-state index < -0.39 is 0 Å². The number of fused-ring (bicyclic) bond motifs is 4. The smallest absolute Gasteiger partial charge is 0.180 e. The van der Waals surface area contributed by atoms with Crippen LogP contribution >= 0.6 is 45.3 Å². The van der Waals surface area contributed by atoms with Crippen molar-refractivity contribution in [3.63, 3.8) is 0 Å². The maximum Gasteiger partial charge on any atom is 0.180 e. The van der Waals surface area contributed by atoms with Crippen molar-refractivity contribution in [2.75, 3.05) is 13.2 Å². The van der Waals surface area contributed by atoms with Gasteiger partial charge in [0.2, 0.25) is 0 Å². The largest absolute Gasteiger partial charge is 0.485 e. The van der Waals surface area contributed by atoms with E-state index in [0.29, 0.717) is 13.2 Å². The second kappa shape index (κ2) is 5.85. The number of rotatable bonds is 1. The first-order chi connectivity index (χ1) is 10.9. The van der Waals surface area contributed by atoms with E-state index in [4.69, 9.17) is 9.47 Å². The molecule has 6 heteroatoms. The van der Waals surface area contributed by atoms with Gasteiger partial charge >= 0.3 is 0 Å². The van der Waals surface area contributed by atoms with Gasteiger partial charge in [-0.3, -0.25) is 0 Å². The van der Waals surface area contributed by atoms with E-state index in [-0.39, 0.29) is 0 Å². The van der Waals surface area contributed by atoms with Crippen molar-refractivity contribution in [1.82, 2.24) is 0 Å². The highest BCUT2D eigenvalue weighted by Crippen LogP contribution is 2.51. The summed E-state index contributed by atoms with van der Waals surface area (Å²) in [5.74, 6) is 1.83. The molecule has 0 amide bonds. The third-order valence-corrected chi connectivity index (χ3v) is 7.97. The van der Waals surface area contributed by atoms with Crippen molar-refractivity contribution in [2.24, 2.45) is 0 Å². The Labute approximate surface area is 144 Å². The average Bonchev–Trinajstić information content (AvgIpc) is 3.28. The Kier molecular flexibility index (Phi) is 3.86. The molecule has 0 radical (unpaired) electrons. The Morgan fingerprint density at radius 2 is 1.82 bits per heavy atom. The molecule has 0 N–H and O–H groups in total. The van der Waals surface area contributed by atoms with Crippen LogP contribution in [0.25, 0.3) is 28.6 Å². The number of hydrogen-bond donors (Lipinski definition) is 0. The second-order valence-corrected chi connectivity index (χ2v) is 8.41. The molecule has 0 fully saturated rings. The van der Waals surface area contributed by atoms with Gasteiger partial charge in [-0.1, -0.05) is 13.8 Å². The monoisotopic (exact) mass is 366 g/mol. The van der Waals surface area contributed by atoms with Gasteiger partial charge in [-0.2, -0.15) is 0 Å². The Morgan fingerprint density at radius 3 is 2.73 bits per heavy atom. The minimum atomic E-state index is 0.644. The van der Waals surface area contributed by atoms with Gasteiger partial charge in [0.1, 0.15) is 13.2 Å². The molecule has 0 saturated heterocycles. The van der Waals surface area contributed by atoms with Crippen LogP contribution in [0.4, 0.5) is 0 Å². The van der Waals surface area contributed by atoms with Crippen LogP contribution in [0.3, 0.4) is 0 Å². The molecule has 0 atom stereocenters. The van der Waals surface area contributed by atoms with Crippen molar-refractivity contribution >= 4 is 64.1 Å². The SMILES string of the molecule is CC.c1cc2sc3cc(-c4scc5c4OCCO5)sc3c2s1. The van der Waals surface area contributed by atoms with Crippen LogP contribution in [-0.2, 0) is 0 Å². The van der Waals surface area contributed by atoms with Gasteiger partial charge < -0.3 is 9.47 Å². The molecule has 0 unspecified atom stereocenters. The van der Waals surface area contributed by atoms with Gasteiger partial charge in [-0.05, 0) is 17.5 Å². The Bertz CT molecular complexity index is 925. The lowest BCUT2D eigenvalue weighted by atomic mass is 10.3. The van der Waals surface area contributed by atoms with Crippen molar-refractivity contribution in [3.8, 4) is 21.3 Å². The normalized spacial score (nSPS) is 13.4. The van der Waals surface area contributed by atoms with Gasteiger partial charge in [0.25, 0.3) is 0 Å². The van der Waals surface area contributed by atoms with Gasteiger partial charge in [0.05, 0.1) is 19.2 Å². The molecule has 1 aliphatic rings. The van der Waals surface area contributed by atoms with Gasteiger partial charge in [0, 0.05) is 14.8 Å². The van der Waals surface area contributed by atoms with Crippen molar-refractivity contribution in [3.05, 3.63) is 22.9 Å². The standard InChI is InChI=1S/C14H8O2S4.C2H6/c1-4-17-13-8(1)19-10-5-9(20-14(10)13)12-11-7(6-18-12)15-2-3-16-11;1-2/h1,4-6H,2-3H2;1-2H3. The maximum absolute atomic E-state index is 5.79. The lowest BCUT2D eigenvalue weighted by molar-refractivity contribution is 0.174. The van der Waals surface area contributed by atoms with E-state index in [9.17, 15) is 0 Å². The molecular formula is C16H14O2S4. The van der Waals surface area contributed by atoms with E-state index >= 15 is 0 Å². The van der Waals surface area contributed by atoms with Gasteiger partial charge in [-0.25, -0.2) is 0 Å². The zero-order valence-electron chi connectivity index (χ0n) is 12.2. The molecule has 0 bridgehead atoms. The molecule has 4 aromatic heterocycles. The molecule has 0 aromatic carbocycles. The molecule has 2 nitrogen and oxygen atoms in total. The molecule has 0 aliphatic carbocycles. The fourth-order valence-corrected chi connectivity index (χ4v) is 7.23. The molecule has 5 heterocycles. The van der Waals surface area contributed by atoms with Crippen LogP contribution in [0, 0.1) is 0 Å². The molecule has 5 rings (SSSR count). The van der Waals surface area contributed by atoms with Crippen molar-refractivity contribution in [1.29, 1.82) is 0 Å². The highest BCUT2D eigenvalue weighted by atomic mass is 32.1. The van der Waals surface area contributed by atoms with Crippen molar-refractivity contribution < 1.29 is 9.47 Å². The first kappa shape index (κ1) is 14.5. The van der Waals surface area contributed by atoms with E-state index in [1.807, 2.05) is 47.9 Å². The van der Waals surface area contributed by atoms with Gasteiger partial charge in [-0.15, -0.1) is 45.3 Å². The Hall–Kier alpha value is -1.08. The van der Waals surface area contributed by atoms with Crippen LogP contribution in [0.1, 0.15) is 13.8 Å². The van der Waals surface area contributed by atoms with Crippen LogP contribution < -0.4 is 9.47 Å². The minimum Gasteiger partial charge on any atom is -0.485 e. The number of thiophene rings is 4. The molecule has 0 spiro atoms. The second-order valence-electron chi connectivity index (χ2n) is 4.48. The summed E-state index contributed by atoms with van der Waals surface area (Å²) in [6.07, 6.45) is 0. The molecule has 4 aromatic rings. The topological polar surface area (TPSA) is 18.5 Å². The quantitative estimate of drug-likeness (QED) is 0.373. The van der Waals surface area contributed by atoms with Crippen LogP contribution in [0.2, 0.25) is 0 Å². The molecule has 114 valence electrons. The third-order valence-electron chi connectivity index (χ3n) is 3.28. The van der Waals surface area contributed by atoms with Gasteiger partial charge in [0.15, 0.2) is 11.5 Å². The zero-order valence-corrected chi connectivity index (χ0v) is 15.4. The summed E-state index contributed by atoms with van der Waals surface area (Å²) in [4.78, 5) is 2.50. The summed E-state index contributed by atoms with van der Waals surface area (Å²) in [7, 11) is 0. The lowest BCUT2D eigenvalue weighted by Crippen LogP contribution is -2.14. The molecule has 0 saturated carbocycles. The lowest BCUT2D eigenvalue weighted by Gasteiger charge is -2.15. The summed E-state index contributed by atoms with van der Waals surface area (Å²) in [5, 5.41) is 4.22. The van der Waals surface area contributed by atoms with E-state index in [0.717, 1.165) is 11.5 Å². The fourth-order valence-electron chi connectivity index (χ4n) is 2.42. The Balaban J connectivity index is 0.000000602. The maximum atomic E-state index is 5.79. The van der Waals surface area contributed by atoms with Crippen LogP contribution in [-0.4, -0.2) is 13.2 Å². The summed E-state index contributed by atoms with van der Waals surface area (Å²) in [6.45, 7) is 5.30. The minimum absolute atomic E-state index is 0.644.